The third-order valence-corrected chi connectivity index (χ3v) is 2.62. The second-order valence-corrected chi connectivity index (χ2v) is 3.74. The van der Waals surface area contributed by atoms with E-state index in [1.54, 1.807) is 22.3 Å². The molecule has 2 rings (SSSR count). The Kier molecular flexibility index (Phi) is 2.73. The molecule has 0 fully saturated rings. The number of nitrogens with one attached hydrogen (secondary N) is 1. The van der Waals surface area contributed by atoms with Crippen LogP contribution in [0.5, 0.6) is 0 Å². The molecule has 0 saturated heterocycles. The highest BCUT2D eigenvalue weighted by atomic mass is 32.1. The third-order valence-electron chi connectivity index (χ3n) is 1.70. The molecule has 1 N–H and O–H groups in total. The lowest BCUT2D eigenvalue weighted by atomic mass is 10.6. The molecule has 0 aliphatic carbocycles. The standard InChI is InChI=1S/C8H11N5S/c1-7-4-14-8(12-7)10-2-3-13-6-9-5-11-13/h4-6H,2-3H2,1H3,(H,10,12). The third kappa shape index (κ3) is 2.29. The van der Waals surface area contributed by atoms with E-state index in [1.165, 1.54) is 6.33 Å². The van der Waals surface area contributed by atoms with E-state index in [-0.39, 0.29) is 0 Å². The Morgan fingerprint density at radius 3 is 3.14 bits per heavy atom. The van der Waals surface area contributed by atoms with Gasteiger partial charge in [-0.3, -0.25) is 4.68 Å². The maximum Gasteiger partial charge on any atom is 0.182 e. The van der Waals surface area contributed by atoms with Gasteiger partial charge in [0, 0.05) is 11.9 Å². The molecule has 2 heterocycles. The normalized spacial score (nSPS) is 10.4. The van der Waals surface area contributed by atoms with Crippen LogP contribution in [0.2, 0.25) is 0 Å². The molecule has 2 aromatic heterocycles. The summed E-state index contributed by atoms with van der Waals surface area (Å²) in [6.45, 7) is 3.61. The Morgan fingerprint density at radius 2 is 2.50 bits per heavy atom. The summed E-state index contributed by atoms with van der Waals surface area (Å²) in [5, 5.41) is 10.2. The smallest absolute Gasteiger partial charge is 0.182 e. The fraction of sp³-hybridized carbons (Fsp3) is 0.375. The number of rotatable bonds is 4. The highest BCUT2D eigenvalue weighted by Gasteiger charge is 1.96. The first-order valence-corrected chi connectivity index (χ1v) is 5.21. The fourth-order valence-electron chi connectivity index (χ4n) is 1.06. The van der Waals surface area contributed by atoms with E-state index >= 15 is 0 Å². The van der Waals surface area contributed by atoms with Crippen LogP contribution in [0, 0.1) is 6.92 Å². The zero-order chi connectivity index (χ0) is 9.80. The van der Waals surface area contributed by atoms with Crippen LogP contribution in [-0.4, -0.2) is 26.3 Å². The van der Waals surface area contributed by atoms with Crippen molar-refractivity contribution in [1.29, 1.82) is 0 Å². The molecule has 0 aromatic carbocycles. The SMILES string of the molecule is Cc1csc(NCCn2cncn2)n1. The molecule has 74 valence electrons. The van der Waals surface area contributed by atoms with Gasteiger partial charge in [-0.1, -0.05) is 0 Å². The first-order valence-electron chi connectivity index (χ1n) is 4.33. The summed E-state index contributed by atoms with van der Waals surface area (Å²) >= 11 is 1.62. The zero-order valence-corrected chi connectivity index (χ0v) is 8.66. The van der Waals surface area contributed by atoms with E-state index < -0.39 is 0 Å². The molecule has 0 bridgehead atoms. The minimum Gasteiger partial charge on any atom is -0.360 e. The van der Waals surface area contributed by atoms with Crippen LogP contribution in [0.1, 0.15) is 5.69 Å². The Balaban J connectivity index is 1.78. The topological polar surface area (TPSA) is 55.6 Å². The Hall–Kier alpha value is -1.43. The van der Waals surface area contributed by atoms with E-state index in [0.29, 0.717) is 0 Å². The van der Waals surface area contributed by atoms with Crippen LogP contribution < -0.4 is 5.32 Å². The van der Waals surface area contributed by atoms with Gasteiger partial charge in [0.25, 0.3) is 0 Å². The van der Waals surface area contributed by atoms with Crippen molar-refractivity contribution >= 4 is 16.5 Å². The van der Waals surface area contributed by atoms with Crippen LogP contribution >= 0.6 is 11.3 Å². The van der Waals surface area contributed by atoms with E-state index in [0.717, 1.165) is 23.9 Å². The lowest BCUT2D eigenvalue weighted by Gasteiger charge is -2.01. The molecule has 0 saturated carbocycles. The number of thiazole rings is 1. The van der Waals surface area contributed by atoms with Gasteiger partial charge in [-0.05, 0) is 6.92 Å². The van der Waals surface area contributed by atoms with Crippen molar-refractivity contribution in [3.63, 3.8) is 0 Å². The van der Waals surface area contributed by atoms with Crippen molar-refractivity contribution < 1.29 is 0 Å². The number of aryl methyl sites for hydroxylation is 1. The Morgan fingerprint density at radius 1 is 1.57 bits per heavy atom. The molecular formula is C8H11N5S. The number of nitrogens with zero attached hydrogens (tertiary/aromatic N) is 4. The average molecular weight is 209 g/mol. The van der Waals surface area contributed by atoms with Crippen LogP contribution in [0.3, 0.4) is 0 Å². The van der Waals surface area contributed by atoms with E-state index in [2.05, 4.69) is 20.4 Å². The maximum atomic E-state index is 4.29. The van der Waals surface area contributed by atoms with Gasteiger partial charge in [0.2, 0.25) is 0 Å². The molecule has 5 nitrogen and oxygen atoms in total. The molecule has 2 aromatic rings. The van der Waals surface area contributed by atoms with Crippen molar-refractivity contribution in [2.45, 2.75) is 13.5 Å². The maximum absolute atomic E-state index is 4.29. The molecule has 0 radical (unpaired) electrons. The van der Waals surface area contributed by atoms with E-state index in [9.17, 15) is 0 Å². The largest absolute Gasteiger partial charge is 0.360 e. The molecule has 6 heteroatoms. The van der Waals surface area contributed by atoms with Gasteiger partial charge in [0.15, 0.2) is 5.13 Å². The number of hydrogen-bond acceptors (Lipinski definition) is 5. The lowest BCUT2D eigenvalue weighted by molar-refractivity contribution is 0.636. The van der Waals surface area contributed by atoms with Gasteiger partial charge in [-0.25, -0.2) is 9.97 Å². The molecular weight excluding hydrogens is 198 g/mol. The predicted octanol–water partition coefficient (Wildman–Crippen LogP) is 1.16. The Labute approximate surface area is 85.8 Å². The molecule has 0 aliphatic rings. The van der Waals surface area contributed by atoms with Crippen LogP contribution in [0.4, 0.5) is 5.13 Å². The summed E-state index contributed by atoms with van der Waals surface area (Å²) in [6.07, 6.45) is 3.24. The summed E-state index contributed by atoms with van der Waals surface area (Å²) in [7, 11) is 0. The molecule has 0 spiro atoms. The van der Waals surface area contributed by atoms with Crippen molar-refractivity contribution in [1.82, 2.24) is 19.7 Å². The lowest BCUT2D eigenvalue weighted by Crippen LogP contribution is -2.10. The van der Waals surface area contributed by atoms with Gasteiger partial charge in [-0.15, -0.1) is 11.3 Å². The van der Waals surface area contributed by atoms with Gasteiger partial charge in [-0.2, -0.15) is 5.10 Å². The molecule has 0 amide bonds. The number of aromatic nitrogens is 4. The van der Waals surface area contributed by atoms with E-state index in [1.807, 2.05) is 12.3 Å². The molecule has 0 aliphatic heterocycles. The fourth-order valence-corrected chi connectivity index (χ4v) is 1.78. The molecule has 0 atom stereocenters. The average Bonchev–Trinajstić information content (AvgIpc) is 2.77. The monoisotopic (exact) mass is 209 g/mol. The van der Waals surface area contributed by atoms with Crippen molar-refractivity contribution in [3.8, 4) is 0 Å². The quantitative estimate of drug-likeness (QED) is 0.820. The summed E-state index contributed by atoms with van der Waals surface area (Å²) in [6, 6.07) is 0. The molecule has 0 unspecified atom stereocenters. The first kappa shape index (κ1) is 9.14. The van der Waals surface area contributed by atoms with E-state index in [4.69, 9.17) is 0 Å². The van der Waals surface area contributed by atoms with Crippen molar-refractivity contribution in [2.75, 3.05) is 11.9 Å². The summed E-state index contributed by atoms with van der Waals surface area (Å²) in [5.74, 6) is 0. The highest BCUT2D eigenvalue weighted by molar-refractivity contribution is 7.13. The van der Waals surface area contributed by atoms with Gasteiger partial charge in [0.05, 0.1) is 12.2 Å². The minimum absolute atomic E-state index is 0.804. The van der Waals surface area contributed by atoms with Crippen molar-refractivity contribution in [3.05, 3.63) is 23.7 Å². The second kappa shape index (κ2) is 4.19. The minimum atomic E-state index is 0.804. The summed E-state index contributed by atoms with van der Waals surface area (Å²) in [4.78, 5) is 8.15. The number of hydrogen-bond donors (Lipinski definition) is 1. The second-order valence-electron chi connectivity index (χ2n) is 2.88. The van der Waals surface area contributed by atoms with Crippen LogP contribution in [0.25, 0.3) is 0 Å². The van der Waals surface area contributed by atoms with Crippen molar-refractivity contribution in [2.24, 2.45) is 0 Å². The summed E-state index contributed by atoms with van der Waals surface area (Å²) in [5.41, 5.74) is 1.05. The van der Waals surface area contributed by atoms with Gasteiger partial charge >= 0.3 is 0 Å². The summed E-state index contributed by atoms with van der Waals surface area (Å²) < 4.78 is 1.79. The first-order chi connectivity index (χ1) is 6.84. The predicted molar refractivity (Wildman–Crippen MR) is 55.4 cm³/mol. The Bertz CT molecular complexity index is 380. The van der Waals surface area contributed by atoms with Gasteiger partial charge in [0.1, 0.15) is 12.7 Å². The number of anilines is 1. The van der Waals surface area contributed by atoms with Crippen LogP contribution in [0.15, 0.2) is 18.0 Å². The molecule has 14 heavy (non-hydrogen) atoms. The van der Waals surface area contributed by atoms with Crippen LogP contribution in [-0.2, 0) is 6.54 Å². The zero-order valence-electron chi connectivity index (χ0n) is 7.84. The van der Waals surface area contributed by atoms with Gasteiger partial charge < -0.3 is 5.32 Å². The highest BCUT2D eigenvalue weighted by Crippen LogP contribution is 2.13.